The van der Waals surface area contributed by atoms with E-state index in [9.17, 15) is 4.79 Å². The second-order valence-corrected chi connectivity index (χ2v) is 4.41. The van der Waals surface area contributed by atoms with E-state index in [0.29, 0.717) is 18.0 Å². The molecule has 1 aromatic heterocycles. The summed E-state index contributed by atoms with van der Waals surface area (Å²) in [4.78, 5) is 11.8. The normalized spacial score (nSPS) is 10.4. The van der Waals surface area contributed by atoms with Crippen LogP contribution < -0.4 is 5.32 Å². The molecule has 0 saturated heterocycles. The van der Waals surface area contributed by atoms with Gasteiger partial charge in [-0.1, -0.05) is 55.3 Å². The highest BCUT2D eigenvalue weighted by Gasteiger charge is 2.12. The van der Waals surface area contributed by atoms with Crippen LogP contribution in [0.2, 0.25) is 0 Å². The SMILES string of the molecule is CCCCCNC(=O)c1cc(-c2ccccc2)on1. The Labute approximate surface area is 112 Å². The summed E-state index contributed by atoms with van der Waals surface area (Å²) in [5, 5.41) is 6.64. The zero-order valence-electron chi connectivity index (χ0n) is 11.1. The van der Waals surface area contributed by atoms with Gasteiger partial charge in [-0.25, -0.2) is 0 Å². The van der Waals surface area contributed by atoms with Gasteiger partial charge in [0.1, 0.15) is 0 Å². The number of benzene rings is 1. The van der Waals surface area contributed by atoms with Crippen molar-refractivity contribution in [2.45, 2.75) is 26.2 Å². The molecule has 100 valence electrons. The van der Waals surface area contributed by atoms with Crippen molar-refractivity contribution < 1.29 is 9.32 Å². The number of hydrogen-bond donors (Lipinski definition) is 1. The largest absolute Gasteiger partial charge is 0.355 e. The number of unbranched alkanes of at least 4 members (excludes halogenated alkanes) is 2. The molecule has 0 bridgehead atoms. The molecule has 0 aliphatic carbocycles. The fourth-order valence-corrected chi connectivity index (χ4v) is 1.79. The standard InChI is InChI=1S/C15H18N2O2/c1-2-3-7-10-16-15(18)13-11-14(19-17-13)12-8-5-4-6-9-12/h4-6,8-9,11H,2-3,7,10H2,1H3,(H,16,18). The third kappa shape index (κ3) is 3.68. The lowest BCUT2D eigenvalue weighted by molar-refractivity contribution is 0.0944. The molecule has 0 aliphatic rings. The lowest BCUT2D eigenvalue weighted by Gasteiger charge is -2.00. The minimum atomic E-state index is -0.179. The smallest absolute Gasteiger partial charge is 0.273 e. The third-order valence-electron chi connectivity index (χ3n) is 2.87. The van der Waals surface area contributed by atoms with Crippen LogP contribution in [-0.2, 0) is 0 Å². The predicted octanol–water partition coefficient (Wildman–Crippen LogP) is 3.26. The van der Waals surface area contributed by atoms with Crippen LogP contribution in [0.3, 0.4) is 0 Å². The Balaban J connectivity index is 1.95. The third-order valence-corrected chi connectivity index (χ3v) is 2.87. The minimum absolute atomic E-state index is 0.179. The minimum Gasteiger partial charge on any atom is -0.355 e. The molecular weight excluding hydrogens is 240 g/mol. The van der Waals surface area contributed by atoms with Crippen molar-refractivity contribution in [3.63, 3.8) is 0 Å². The first-order chi connectivity index (χ1) is 9.31. The first-order valence-electron chi connectivity index (χ1n) is 6.61. The van der Waals surface area contributed by atoms with Crippen LogP contribution in [0, 0.1) is 0 Å². The van der Waals surface area contributed by atoms with Gasteiger partial charge in [-0.3, -0.25) is 4.79 Å². The molecule has 0 fully saturated rings. The van der Waals surface area contributed by atoms with Crippen molar-refractivity contribution in [3.05, 3.63) is 42.1 Å². The summed E-state index contributed by atoms with van der Waals surface area (Å²) >= 11 is 0. The summed E-state index contributed by atoms with van der Waals surface area (Å²) < 4.78 is 5.19. The summed E-state index contributed by atoms with van der Waals surface area (Å²) in [6.45, 7) is 2.81. The van der Waals surface area contributed by atoms with Crippen molar-refractivity contribution in [2.75, 3.05) is 6.54 Å². The van der Waals surface area contributed by atoms with Gasteiger partial charge in [-0.05, 0) is 6.42 Å². The molecule has 0 atom stereocenters. The summed E-state index contributed by atoms with van der Waals surface area (Å²) in [5.74, 6) is 0.432. The molecule has 19 heavy (non-hydrogen) atoms. The average Bonchev–Trinajstić information content (AvgIpc) is 2.94. The van der Waals surface area contributed by atoms with E-state index in [0.717, 1.165) is 24.8 Å². The molecule has 1 aromatic carbocycles. The van der Waals surface area contributed by atoms with E-state index in [2.05, 4.69) is 17.4 Å². The molecule has 1 heterocycles. The van der Waals surface area contributed by atoms with Crippen LogP contribution in [0.15, 0.2) is 40.9 Å². The molecule has 2 rings (SSSR count). The molecule has 1 amide bonds. The fraction of sp³-hybridized carbons (Fsp3) is 0.333. The van der Waals surface area contributed by atoms with E-state index >= 15 is 0 Å². The molecule has 2 aromatic rings. The van der Waals surface area contributed by atoms with Gasteiger partial charge in [-0.15, -0.1) is 0 Å². The summed E-state index contributed by atoms with van der Waals surface area (Å²) in [5.41, 5.74) is 1.25. The maximum atomic E-state index is 11.8. The van der Waals surface area contributed by atoms with Gasteiger partial charge >= 0.3 is 0 Å². The molecule has 0 spiro atoms. The number of nitrogens with zero attached hydrogens (tertiary/aromatic N) is 1. The quantitative estimate of drug-likeness (QED) is 0.809. The highest BCUT2D eigenvalue weighted by molar-refractivity contribution is 5.93. The van der Waals surface area contributed by atoms with E-state index in [1.165, 1.54) is 0 Å². The van der Waals surface area contributed by atoms with Gasteiger partial charge in [0.05, 0.1) is 0 Å². The number of nitrogens with one attached hydrogen (secondary N) is 1. The summed E-state index contributed by atoms with van der Waals surface area (Å²) in [6.07, 6.45) is 3.25. The number of rotatable bonds is 6. The molecular formula is C15H18N2O2. The van der Waals surface area contributed by atoms with Crippen molar-refractivity contribution in [1.82, 2.24) is 10.5 Å². The first kappa shape index (κ1) is 13.3. The molecule has 1 N–H and O–H groups in total. The molecule has 0 aliphatic heterocycles. The number of amides is 1. The first-order valence-corrected chi connectivity index (χ1v) is 6.61. The van der Waals surface area contributed by atoms with E-state index in [1.807, 2.05) is 30.3 Å². The van der Waals surface area contributed by atoms with Crippen molar-refractivity contribution >= 4 is 5.91 Å². The predicted molar refractivity (Wildman–Crippen MR) is 73.8 cm³/mol. The lowest BCUT2D eigenvalue weighted by Crippen LogP contribution is -2.24. The van der Waals surface area contributed by atoms with E-state index in [1.54, 1.807) is 6.07 Å². The fourth-order valence-electron chi connectivity index (χ4n) is 1.79. The highest BCUT2D eigenvalue weighted by Crippen LogP contribution is 2.19. The average molecular weight is 258 g/mol. The molecule has 0 radical (unpaired) electrons. The topological polar surface area (TPSA) is 55.1 Å². The zero-order valence-corrected chi connectivity index (χ0v) is 11.1. The number of hydrogen-bond acceptors (Lipinski definition) is 3. The van der Waals surface area contributed by atoms with Gasteiger partial charge < -0.3 is 9.84 Å². The Morgan fingerprint density at radius 2 is 2.05 bits per heavy atom. The Morgan fingerprint density at radius 1 is 1.26 bits per heavy atom. The number of carbonyl (C=O) groups is 1. The van der Waals surface area contributed by atoms with Gasteiger partial charge in [0.2, 0.25) is 0 Å². The van der Waals surface area contributed by atoms with Gasteiger partial charge in [0.15, 0.2) is 11.5 Å². The van der Waals surface area contributed by atoms with Gasteiger partial charge in [0.25, 0.3) is 5.91 Å². The Hall–Kier alpha value is -2.10. The number of carbonyl (C=O) groups excluding carboxylic acids is 1. The van der Waals surface area contributed by atoms with E-state index in [-0.39, 0.29) is 5.91 Å². The second kappa shape index (κ2) is 6.73. The van der Waals surface area contributed by atoms with E-state index < -0.39 is 0 Å². The monoisotopic (exact) mass is 258 g/mol. The van der Waals surface area contributed by atoms with Crippen LogP contribution in [0.5, 0.6) is 0 Å². The van der Waals surface area contributed by atoms with Crippen molar-refractivity contribution in [3.8, 4) is 11.3 Å². The van der Waals surface area contributed by atoms with Gasteiger partial charge in [-0.2, -0.15) is 0 Å². The summed E-state index contributed by atoms with van der Waals surface area (Å²) in [6, 6.07) is 11.3. The van der Waals surface area contributed by atoms with Gasteiger partial charge in [0, 0.05) is 18.2 Å². The maximum absolute atomic E-state index is 11.8. The van der Waals surface area contributed by atoms with Crippen LogP contribution >= 0.6 is 0 Å². The molecule has 0 saturated carbocycles. The van der Waals surface area contributed by atoms with Crippen LogP contribution in [0.1, 0.15) is 36.7 Å². The molecule has 0 unspecified atom stereocenters. The van der Waals surface area contributed by atoms with Crippen LogP contribution in [0.25, 0.3) is 11.3 Å². The zero-order chi connectivity index (χ0) is 13.5. The molecule has 4 nitrogen and oxygen atoms in total. The second-order valence-electron chi connectivity index (χ2n) is 4.41. The Kier molecular flexibility index (Phi) is 4.72. The van der Waals surface area contributed by atoms with Crippen molar-refractivity contribution in [1.29, 1.82) is 0 Å². The highest BCUT2D eigenvalue weighted by atomic mass is 16.5. The lowest BCUT2D eigenvalue weighted by atomic mass is 10.1. The number of aromatic nitrogens is 1. The van der Waals surface area contributed by atoms with Crippen molar-refractivity contribution in [2.24, 2.45) is 0 Å². The Bertz CT molecular complexity index is 520. The van der Waals surface area contributed by atoms with Crippen LogP contribution in [-0.4, -0.2) is 17.6 Å². The van der Waals surface area contributed by atoms with E-state index in [4.69, 9.17) is 4.52 Å². The maximum Gasteiger partial charge on any atom is 0.273 e. The van der Waals surface area contributed by atoms with Crippen LogP contribution in [0.4, 0.5) is 0 Å². The molecule has 4 heteroatoms. The Morgan fingerprint density at radius 3 is 2.79 bits per heavy atom. The summed E-state index contributed by atoms with van der Waals surface area (Å²) in [7, 11) is 0.